The highest BCUT2D eigenvalue weighted by atomic mass is 16.7. The first-order valence-electron chi connectivity index (χ1n) is 11.5. The minimum atomic E-state index is -0.866. The summed E-state index contributed by atoms with van der Waals surface area (Å²) >= 11 is 0. The fraction of sp³-hybridized carbons (Fsp3) is 0.870. The third kappa shape index (κ3) is 10.3. The van der Waals surface area contributed by atoms with Gasteiger partial charge in [-0.2, -0.15) is 0 Å². The molecule has 0 aromatic carbocycles. The van der Waals surface area contributed by atoms with Crippen LogP contribution >= 0.6 is 0 Å². The molecule has 1 aliphatic rings. The molecule has 1 unspecified atom stereocenters. The van der Waals surface area contributed by atoms with Gasteiger partial charge in [-0.1, -0.05) is 6.92 Å². The summed E-state index contributed by atoms with van der Waals surface area (Å²) in [6.07, 6.45) is 0.339. The first kappa shape index (κ1) is 29.1. The summed E-state index contributed by atoms with van der Waals surface area (Å²) in [5.74, 6) is -1.07. The summed E-state index contributed by atoms with van der Waals surface area (Å²) < 4.78 is 22.2. The molecule has 1 saturated heterocycles. The number of likely N-dealkylation sites (tertiary alicyclic amines) is 1. The Kier molecular flexibility index (Phi) is 11.1. The van der Waals surface area contributed by atoms with E-state index >= 15 is 0 Å². The smallest absolute Gasteiger partial charge is 0.411 e. The van der Waals surface area contributed by atoms with Gasteiger partial charge in [0.25, 0.3) is 0 Å². The standard InChI is InChI=1S/C23H42N2O8/c1-9-17(31-14-30-13-24-15(2)27)11-18-16(12-26)10-19(20(28)32-22(3,4)5)25(18)21(29)33-23(6,7)8/h16-19,26H,9-14H2,1-8H3,(H,24,27)/t16-,17?,18+,19+/m0/s1. The van der Waals surface area contributed by atoms with E-state index in [0.29, 0.717) is 12.8 Å². The second-order valence-corrected chi connectivity index (χ2v) is 10.3. The minimum Gasteiger partial charge on any atom is -0.458 e. The van der Waals surface area contributed by atoms with E-state index in [1.807, 2.05) is 6.92 Å². The fourth-order valence-corrected chi connectivity index (χ4v) is 3.64. The second-order valence-electron chi connectivity index (χ2n) is 10.3. The van der Waals surface area contributed by atoms with Crippen molar-refractivity contribution < 1.29 is 38.4 Å². The van der Waals surface area contributed by atoms with Crippen molar-refractivity contribution >= 4 is 18.0 Å². The molecule has 2 amide bonds. The number of carbonyl (C=O) groups excluding carboxylic acids is 3. The fourth-order valence-electron chi connectivity index (χ4n) is 3.64. The van der Waals surface area contributed by atoms with E-state index in [1.54, 1.807) is 41.5 Å². The number of esters is 1. The highest BCUT2D eigenvalue weighted by molar-refractivity contribution is 5.83. The highest BCUT2D eigenvalue weighted by Gasteiger charge is 2.50. The Morgan fingerprint density at radius 3 is 2.18 bits per heavy atom. The molecule has 0 radical (unpaired) electrons. The topological polar surface area (TPSA) is 124 Å². The van der Waals surface area contributed by atoms with Gasteiger partial charge in [0.05, 0.1) is 6.10 Å². The van der Waals surface area contributed by atoms with Crippen molar-refractivity contribution in [3.63, 3.8) is 0 Å². The first-order valence-corrected chi connectivity index (χ1v) is 11.5. The molecule has 0 spiro atoms. The number of hydrogen-bond donors (Lipinski definition) is 2. The van der Waals surface area contributed by atoms with Gasteiger partial charge in [-0.15, -0.1) is 0 Å². The Hall–Kier alpha value is -1.91. The van der Waals surface area contributed by atoms with Crippen molar-refractivity contribution in [3.8, 4) is 0 Å². The van der Waals surface area contributed by atoms with Gasteiger partial charge in [0.15, 0.2) is 0 Å². The minimum absolute atomic E-state index is 0.0270. The lowest BCUT2D eigenvalue weighted by Crippen LogP contribution is -2.50. The molecule has 1 heterocycles. The van der Waals surface area contributed by atoms with Crippen LogP contribution in [0.2, 0.25) is 0 Å². The lowest BCUT2D eigenvalue weighted by Gasteiger charge is -2.35. The van der Waals surface area contributed by atoms with Crippen LogP contribution in [0.15, 0.2) is 0 Å². The normalized spacial score (nSPS) is 22.1. The van der Waals surface area contributed by atoms with Gasteiger partial charge in [0.1, 0.15) is 30.8 Å². The van der Waals surface area contributed by atoms with Gasteiger partial charge in [-0.3, -0.25) is 9.69 Å². The van der Waals surface area contributed by atoms with Crippen molar-refractivity contribution in [2.75, 3.05) is 20.1 Å². The Morgan fingerprint density at radius 1 is 1.09 bits per heavy atom. The molecule has 1 rings (SSSR count). The summed E-state index contributed by atoms with van der Waals surface area (Å²) in [6, 6.07) is -1.35. The Balaban J connectivity index is 3.03. The van der Waals surface area contributed by atoms with Crippen LogP contribution in [0.3, 0.4) is 0 Å². The molecule has 10 nitrogen and oxygen atoms in total. The van der Waals surface area contributed by atoms with Crippen molar-refractivity contribution in [1.82, 2.24) is 10.2 Å². The second kappa shape index (κ2) is 12.5. The summed E-state index contributed by atoms with van der Waals surface area (Å²) in [5.41, 5.74) is -1.47. The average Bonchev–Trinajstić information content (AvgIpc) is 3.02. The van der Waals surface area contributed by atoms with Gasteiger partial charge in [-0.25, -0.2) is 9.59 Å². The van der Waals surface area contributed by atoms with E-state index in [0.717, 1.165) is 0 Å². The van der Waals surface area contributed by atoms with Crippen molar-refractivity contribution in [1.29, 1.82) is 0 Å². The van der Waals surface area contributed by atoms with Crippen LogP contribution in [0.5, 0.6) is 0 Å². The van der Waals surface area contributed by atoms with Crippen molar-refractivity contribution in [2.45, 2.75) is 104 Å². The number of aliphatic hydroxyl groups is 1. The van der Waals surface area contributed by atoms with E-state index in [1.165, 1.54) is 11.8 Å². The summed E-state index contributed by atoms with van der Waals surface area (Å²) in [4.78, 5) is 38.5. The third-order valence-electron chi connectivity index (χ3n) is 5.05. The maximum absolute atomic E-state index is 13.2. The first-order chi connectivity index (χ1) is 15.2. The van der Waals surface area contributed by atoms with E-state index in [-0.39, 0.29) is 44.5 Å². The maximum atomic E-state index is 13.2. The van der Waals surface area contributed by atoms with Gasteiger partial charge in [0.2, 0.25) is 5.91 Å². The van der Waals surface area contributed by atoms with Crippen molar-refractivity contribution in [3.05, 3.63) is 0 Å². The largest absolute Gasteiger partial charge is 0.458 e. The molecule has 0 aliphatic carbocycles. The zero-order chi connectivity index (χ0) is 25.4. The van der Waals surface area contributed by atoms with Gasteiger partial charge in [0, 0.05) is 25.5 Å². The quantitative estimate of drug-likeness (QED) is 0.281. The number of aliphatic hydroxyl groups excluding tert-OH is 1. The van der Waals surface area contributed by atoms with Gasteiger partial charge < -0.3 is 29.4 Å². The molecule has 0 bridgehead atoms. The molecule has 10 heteroatoms. The average molecular weight is 475 g/mol. The SMILES string of the molecule is CCC(C[C@@H]1[C@H](CO)C[C@H](C(=O)OC(C)(C)C)N1C(=O)OC(C)(C)C)OCOCNC(C)=O. The van der Waals surface area contributed by atoms with E-state index in [4.69, 9.17) is 18.9 Å². The molecule has 2 N–H and O–H groups in total. The number of amides is 2. The summed E-state index contributed by atoms with van der Waals surface area (Å²) in [6.45, 7) is 13.7. The van der Waals surface area contributed by atoms with Gasteiger partial charge in [-0.05, 0) is 60.8 Å². The van der Waals surface area contributed by atoms with Crippen LogP contribution in [-0.2, 0) is 28.5 Å². The number of nitrogens with one attached hydrogen (secondary N) is 1. The Morgan fingerprint density at radius 2 is 1.70 bits per heavy atom. The monoisotopic (exact) mass is 474 g/mol. The molecule has 33 heavy (non-hydrogen) atoms. The highest BCUT2D eigenvalue weighted by Crippen LogP contribution is 2.36. The van der Waals surface area contributed by atoms with Gasteiger partial charge >= 0.3 is 12.1 Å². The van der Waals surface area contributed by atoms with Crippen LogP contribution in [0, 0.1) is 5.92 Å². The number of rotatable bonds is 10. The Bertz CT molecular complexity index is 656. The lowest BCUT2D eigenvalue weighted by molar-refractivity contribution is -0.161. The zero-order valence-electron chi connectivity index (χ0n) is 21.3. The van der Waals surface area contributed by atoms with E-state index in [2.05, 4.69) is 5.32 Å². The van der Waals surface area contributed by atoms with Crippen LogP contribution in [0.1, 0.15) is 74.7 Å². The molecule has 4 atom stereocenters. The van der Waals surface area contributed by atoms with Crippen molar-refractivity contribution in [2.24, 2.45) is 5.92 Å². The predicted octanol–water partition coefficient (Wildman–Crippen LogP) is 2.57. The number of carbonyl (C=O) groups is 3. The molecule has 1 aliphatic heterocycles. The van der Waals surface area contributed by atoms with E-state index in [9.17, 15) is 19.5 Å². The maximum Gasteiger partial charge on any atom is 0.411 e. The molecule has 0 aromatic heterocycles. The Labute approximate surface area is 197 Å². The number of nitrogens with zero attached hydrogens (tertiary/aromatic N) is 1. The van der Waals surface area contributed by atoms with E-state index < -0.39 is 35.3 Å². The summed E-state index contributed by atoms with van der Waals surface area (Å²) in [5, 5.41) is 12.6. The lowest BCUT2D eigenvalue weighted by atomic mass is 9.94. The predicted molar refractivity (Wildman–Crippen MR) is 121 cm³/mol. The third-order valence-corrected chi connectivity index (χ3v) is 5.05. The van der Waals surface area contributed by atoms with Crippen LogP contribution < -0.4 is 5.32 Å². The zero-order valence-corrected chi connectivity index (χ0v) is 21.3. The van der Waals surface area contributed by atoms with Crippen LogP contribution in [0.4, 0.5) is 4.79 Å². The van der Waals surface area contributed by atoms with Crippen LogP contribution in [-0.4, -0.2) is 77.5 Å². The summed E-state index contributed by atoms with van der Waals surface area (Å²) in [7, 11) is 0. The van der Waals surface area contributed by atoms with Crippen LogP contribution in [0.25, 0.3) is 0 Å². The number of ether oxygens (including phenoxy) is 4. The molecule has 0 saturated carbocycles. The molecular weight excluding hydrogens is 432 g/mol. The molecule has 0 aromatic rings. The molecule has 1 fully saturated rings. The number of hydrogen-bond acceptors (Lipinski definition) is 8. The molecule has 192 valence electrons. The molecular formula is C23H42N2O8.